The van der Waals surface area contributed by atoms with E-state index in [1.54, 1.807) is 0 Å². The Labute approximate surface area is 156 Å². The zero-order chi connectivity index (χ0) is 19.2. The molecule has 0 unspecified atom stereocenters. The molecule has 0 saturated carbocycles. The zero-order valence-corrected chi connectivity index (χ0v) is 14.7. The lowest BCUT2D eigenvalue weighted by Gasteiger charge is -2.14. The molecule has 2 aromatic rings. The molecule has 1 N–H and O–H groups in total. The van der Waals surface area contributed by atoms with Crippen molar-refractivity contribution in [2.24, 2.45) is 0 Å². The van der Waals surface area contributed by atoms with E-state index in [4.69, 9.17) is 14.6 Å². The maximum Gasteiger partial charge on any atom is 0.309 e. The summed E-state index contributed by atoms with van der Waals surface area (Å²) in [5.41, 5.74) is 4.57. The molecule has 3 rings (SSSR count). The number of fused-ring (bicyclic) bond motifs is 3. The molecule has 0 amide bonds. The smallest absolute Gasteiger partial charge is 0.309 e. The molecule has 1 aliphatic rings. The summed E-state index contributed by atoms with van der Waals surface area (Å²) in [4.78, 5) is 33.7. The lowest BCUT2D eigenvalue weighted by Crippen LogP contribution is -2.15. The van der Waals surface area contributed by atoms with Gasteiger partial charge in [-0.1, -0.05) is 48.5 Å². The molecule has 0 aliphatic heterocycles. The highest BCUT2D eigenvalue weighted by atomic mass is 16.5. The standard InChI is InChI=1S/C21H20O6/c22-19(23)9-10-20(24)26-12-11-21(25)27-13-18-16-7-3-1-5-14(16)15-6-2-4-8-17(15)18/h1-8,18H,9-13H2,(H,22,23). The third-order valence-corrected chi connectivity index (χ3v) is 4.49. The van der Waals surface area contributed by atoms with Gasteiger partial charge in [-0.2, -0.15) is 0 Å². The number of carbonyl (C=O) groups excluding carboxylic acids is 2. The molecule has 0 bridgehead atoms. The fourth-order valence-electron chi connectivity index (χ4n) is 3.22. The van der Waals surface area contributed by atoms with Crippen molar-refractivity contribution >= 4 is 17.9 Å². The predicted molar refractivity (Wildman–Crippen MR) is 97.1 cm³/mol. The average molecular weight is 368 g/mol. The van der Waals surface area contributed by atoms with Crippen molar-refractivity contribution in [1.82, 2.24) is 0 Å². The van der Waals surface area contributed by atoms with Gasteiger partial charge in [0.2, 0.25) is 0 Å². The number of carboxylic acid groups (broad SMARTS) is 1. The number of rotatable bonds is 8. The van der Waals surface area contributed by atoms with Crippen LogP contribution >= 0.6 is 0 Å². The number of ether oxygens (including phenoxy) is 2. The second-order valence-corrected chi connectivity index (χ2v) is 6.27. The van der Waals surface area contributed by atoms with E-state index in [-0.39, 0.29) is 38.4 Å². The highest BCUT2D eigenvalue weighted by Gasteiger charge is 2.28. The van der Waals surface area contributed by atoms with Gasteiger partial charge in [0, 0.05) is 5.92 Å². The van der Waals surface area contributed by atoms with Crippen LogP contribution in [0.15, 0.2) is 48.5 Å². The summed E-state index contributed by atoms with van der Waals surface area (Å²) in [7, 11) is 0. The number of carbonyl (C=O) groups is 3. The van der Waals surface area contributed by atoms with E-state index in [1.165, 1.54) is 0 Å². The predicted octanol–water partition coefficient (Wildman–Crippen LogP) is 3.14. The van der Waals surface area contributed by atoms with Crippen LogP contribution in [0.1, 0.15) is 36.3 Å². The van der Waals surface area contributed by atoms with Gasteiger partial charge in [0.25, 0.3) is 0 Å². The van der Waals surface area contributed by atoms with Crippen molar-refractivity contribution in [3.63, 3.8) is 0 Å². The van der Waals surface area contributed by atoms with Crippen LogP contribution in [0.5, 0.6) is 0 Å². The Morgan fingerprint density at radius 2 is 1.33 bits per heavy atom. The van der Waals surface area contributed by atoms with Gasteiger partial charge in [0.05, 0.1) is 19.3 Å². The van der Waals surface area contributed by atoms with Crippen LogP contribution in [0, 0.1) is 0 Å². The van der Waals surface area contributed by atoms with Crippen molar-refractivity contribution in [2.45, 2.75) is 25.2 Å². The summed E-state index contributed by atoms with van der Waals surface area (Å²) in [5, 5.41) is 8.51. The van der Waals surface area contributed by atoms with Crippen molar-refractivity contribution in [2.75, 3.05) is 13.2 Å². The third-order valence-electron chi connectivity index (χ3n) is 4.49. The second-order valence-electron chi connectivity index (χ2n) is 6.27. The van der Waals surface area contributed by atoms with E-state index >= 15 is 0 Å². The van der Waals surface area contributed by atoms with E-state index in [1.807, 2.05) is 36.4 Å². The Bertz CT molecular complexity index is 812. The van der Waals surface area contributed by atoms with Crippen LogP contribution in [0.4, 0.5) is 0 Å². The Balaban J connectivity index is 1.51. The van der Waals surface area contributed by atoms with Gasteiger partial charge in [0.15, 0.2) is 0 Å². The molecule has 0 saturated heterocycles. The molecule has 0 atom stereocenters. The number of hydrogen-bond donors (Lipinski definition) is 1. The maximum absolute atomic E-state index is 12.0. The van der Waals surface area contributed by atoms with E-state index in [0.717, 1.165) is 22.3 Å². The second kappa shape index (κ2) is 8.49. The Hall–Kier alpha value is -3.15. The molecule has 140 valence electrons. The third kappa shape index (κ3) is 4.53. The van der Waals surface area contributed by atoms with Gasteiger partial charge in [-0.15, -0.1) is 0 Å². The molecule has 0 aromatic heterocycles. The summed E-state index contributed by atoms with van der Waals surface area (Å²) < 4.78 is 10.2. The number of esters is 2. The van der Waals surface area contributed by atoms with Crippen LogP contribution in [-0.4, -0.2) is 36.2 Å². The van der Waals surface area contributed by atoms with Gasteiger partial charge < -0.3 is 14.6 Å². The Kier molecular flexibility index (Phi) is 5.86. The maximum atomic E-state index is 12.0. The molecule has 0 heterocycles. The molecule has 0 radical (unpaired) electrons. The van der Waals surface area contributed by atoms with E-state index in [2.05, 4.69) is 12.1 Å². The minimum Gasteiger partial charge on any atom is -0.481 e. The highest BCUT2D eigenvalue weighted by Crippen LogP contribution is 2.44. The SMILES string of the molecule is O=C(O)CCC(=O)OCCC(=O)OCC1c2ccccc2-c2ccccc21. The van der Waals surface area contributed by atoms with Crippen LogP contribution in [0.2, 0.25) is 0 Å². The summed E-state index contributed by atoms with van der Waals surface area (Å²) >= 11 is 0. The van der Waals surface area contributed by atoms with Crippen molar-refractivity contribution in [3.8, 4) is 11.1 Å². The molecule has 6 heteroatoms. The molecule has 0 spiro atoms. The highest BCUT2D eigenvalue weighted by molar-refractivity contribution is 5.79. The van der Waals surface area contributed by atoms with Crippen LogP contribution in [0.3, 0.4) is 0 Å². The van der Waals surface area contributed by atoms with Crippen LogP contribution in [0.25, 0.3) is 11.1 Å². The van der Waals surface area contributed by atoms with Gasteiger partial charge in [0.1, 0.15) is 13.2 Å². The van der Waals surface area contributed by atoms with Gasteiger partial charge in [-0.25, -0.2) is 0 Å². The molecular weight excluding hydrogens is 348 g/mol. The summed E-state index contributed by atoms with van der Waals surface area (Å²) in [5.74, 6) is -2.17. The lowest BCUT2D eigenvalue weighted by molar-refractivity contribution is -0.151. The normalized spacial score (nSPS) is 12.1. The monoisotopic (exact) mass is 368 g/mol. The zero-order valence-electron chi connectivity index (χ0n) is 14.7. The molecule has 27 heavy (non-hydrogen) atoms. The first-order valence-corrected chi connectivity index (χ1v) is 8.77. The number of benzene rings is 2. The first-order chi connectivity index (χ1) is 13.1. The fraction of sp³-hybridized carbons (Fsp3) is 0.286. The van der Waals surface area contributed by atoms with E-state index in [0.29, 0.717) is 0 Å². The van der Waals surface area contributed by atoms with Crippen molar-refractivity contribution in [3.05, 3.63) is 59.7 Å². The van der Waals surface area contributed by atoms with Crippen LogP contribution < -0.4 is 0 Å². The quantitative estimate of drug-likeness (QED) is 0.720. The first-order valence-electron chi connectivity index (χ1n) is 8.77. The molecular formula is C21H20O6. The first kappa shape index (κ1) is 18.6. The van der Waals surface area contributed by atoms with Gasteiger partial charge >= 0.3 is 17.9 Å². The van der Waals surface area contributed by atoms with E-state index < -0.39 is 17.9 Å². The number of hydrogen-bond acceptors (Lipinski definition) is 5. The van der Waals surface area contributed by atoms with Gasteiger partial charge in [-0.05, 0) is 22.3 Å². The molecule has 6 nitrogen and oxygen atoms in total. The summed E-state index contributed by atoms with van der Waals surface area (Å²) in [6.07, 6.45) is -0.557. The van der Waals surface area contributed by atoms with Gasteiger partial charge in [-0.3, -0.25) is 14.4 Å². The Morgan fingerprint density at radius 3 is 1.93 bits per heavy atom. The minimum absolute atomic E-state index is 0.0144. The van der Waals surface area contributed by atoms with Crippen molar-refractivity contribution < 1.29 is 29.0 Å². The fourth-order valence-corrected chi connectivity index (χ4v) is 3.22. The summed E-state index contributed by atoms with van der Waals surface area (Å²) in [6.45, 7) is 0.106. The number of carboxylic acids is 1. The lowest BCUT2D eigenvalue weighted by atomic mass is 9.98. The Morgan fingerprint density at radius 1 is 0.778 bits per heavy atom. The number of aliphatic carboxylic acids is 1. The average Bonchev–Trinajstić information content (AvgIpc) is 2.99. The molecule has 1 aliphatic carbocycles. The van der Waals surface area contributed by atoms with Crippen LogP contribution in [-0.2, 0) is 23.9 Å². The topological polar surface area (TPSA) is 89.9 Å². The minimum atomic E-state index is -1.07. The van der Waals surface area contributed by atoms with E-state index in [9.17, 15) is 14.4 Å². The molecule has 0 fully saturated rings. The summed E-state index contributed by atoms with van der Waals surface area (Å²) in [6, 6.07) is 16.1. The van der Waals surface area contributed by atoms with Crippen molar-refractivity contribution in [1.29, 1.82) is 0 Å². The molecule has 2 aromatic carbocycles. The largest absolute Gasteiger partial charge is 0.481 e.